The van der Waals surface area contributed by atoms with Crippen LogP contribution in [0.1, 0.15) is 0 Å². The summed E-state index contributed by atoms with van der Waals surface area (Å²) < 4.78 is 5.83. The molecule has 1 amide bonds. The normalized spacial score (nSPS) is 14.4. The van der Waals surface area contributed by atoms with E-state index in [4.69, 9.17) is 4.74 Å². The van der Waals surface area contributed by atoms with Gasteiger partial charge in [-0.1, -0.05) is 48.5 Å². The van der Waals surface area contributed by atoms with Crippen LogP contribution in [0.4, 0.5) is 11.4 Å². The van der Waals surface area contributed by atoms with Crippen molar-refractivity contribution in [2.75, 3.05) is 50.1 Å². The number of hydrogen-bond acceptors (Lipinski definition) is 4. The predicted molar refractivity (Wildman–Crippen MR) is 122 cm³/mol. The highest BCUT2D eigenvalue weighted by Gasteiger charge is 2.14. The zero-order valence-electron chi connectivity index (χ0n) is 17.3. The van der Waals surface area contributed by atoms with Crippen molar-refractivity contribution < 1.29 is 9.53 Å². The number of anilines is 2. The molecule has 5 heteroatoms. The molecule has 0 unspecified atom stereocenters. The summed E-state index contributed by atoms with van der Waals surface area (Å²) in [6.45, 7) is 4.15. The van der Waals surface area contributed by atoms with Gasteiger partial charge in [0.05, 0.1) is 0 Å². The fourth-order valence-corrected chi connectivity index (χ4v) is 3.61. The highest BCUT2D eigenvalue weighted by atomic mass is 16.5. The minimum atomic E-state index is -0.176. The maximum absolute atomic E-state index is 12.4. The summed E-state index contributed by atoms with van der Waals surface area (Å²) in [6.07, 6.45) is 0. The number of carbonyl (C=O) groups excluding carboxylic acids is 1. The monoisotopic (exact) mass is 401 g/mol. The molecule has 4 rings (SSSR count). The fourth-order valence-electron chi connectivity index (χ4n) is 3.61. The quantitative estimate of drug-likeness (QED) is 0.675. The molecule has 1 aliphatic rings. The lowest BCUT2D eigenvalue weighted by Crippen LogP contribution is -2.44. The maximum Gasteiger partial charge on any atom is 0.262 e. The molecule has 0 aromatic heterocycles. The molecule has 0 aliphatic carbocycles. The van der Waals surface area contributed by atoms with Crippen LogP contribution >= 0.6 is 0 Å². The van der Waals surface area contributed by atoms with Crippen LogP contribution in [0, 0.1) is 0 Å². The van der Waals surface area contributed by atoms with Gasteiger partial charge in [-0.15, -0.1) is 0 Å². The number of amides is 1. The topological polar surface area (TPSA) is 44.8 Å². The Bertz CT molecular complexity index is 965. The largest absolute Gasteiger partial charge is 0.483 e. The summed E-state index contributed by atoms with van der Waals surface area (Å²) in [7, 11) is 2.15. The second-order valence-electron chi connectivity index (χ2n) is 7.54. The van der Waals surface area contributed by atoms with E-state index >= 15 is 0 Å². The SMILES string of the molecule is CN1CCN(c2ccc(NC(=O)COc3ccccc3-c3ccccc3)cc2)CC1. The summed E-state index contributed by atoms with van der Waals surface area (Å²) in [4.78, 5) is 17.1. The predicted octanol–water partition coefficient (Wildman–Crippen LogP) is 4.12. The summed E-state index contributed by atoms with van der Waals surface area (Å²) in [5, 5.41) is 2.92. The molecule has 1 N–H and O–H groups in total. The average molecular weight is 402 g/mol. The van der Waals surface area contributed by atoms with Crippen molar-refractivity contribution >= 4 is 17.3 Å². The highest BCUT2D eigenvalue weighted by molar-refractivity contribution is 5.92. The summed E-state index contributed by atoms with van der Waals surface area (Å²) in [6, 6.07) is 25.8. The highest BCUT2D eigenvalue weighted by Crippen LogP contribution is 2.29. The zero-order chi connectivity index (χ0) is 20.8. The van der Waals surface area contributed by atoms with Gasteiger partial charge in [-0.3, -0.25) is 4.79 Å². The molecule has 0 spiro atoms. The minimum absolute atomic E-state index is 0.0376. The molecule has 3 aromatic rings. The summed E-state index contributed by atoms with van der Waals surface area (Å²) >= 11 is 0. The van der Waals surface area contributed by atoms with Crippen LogP contribution in [0.2, 0.25) is 0 Å². The number of piperazine rings is 1. The van der Waals surface area contributed by atoms with Gasteiger partial charge < -0.3 is 19.9 Å². The van der Waals surface area contributed by atoms with E-state index in [0.717, 1.165) is 43.0 Å². The van der Waals surface area contributed by atoms with Gasteiger partial charge >= 0.3 is 0 Å². The average Bonchev–Trinajstić information content (AvgIpc) is 2.80. The van der Waals surface area contributed by atoms with Gasteiger partial charge in [0.2, 0.25) is 0 Å². The molecule has 30 heavy (non-hydrogen) atoms. The molecule has 154 valence electrons. The van der Waals surface area contributed by atoms with Gasteiger partial charge in [0, 0.05) is 43.1 Å². The number of carbonyl (C=O) groups is 1. The summed E-state index contributed by atoms with van der Waals surface area (Å²) in [5.74, 6) is 0.523. The first-order chi connectivity index (χ1) is 14.7. The first kappa shape index (κ1) is 20.0. The Hall–Kier alpha value is -3.31. The van der Waals surface area contributed by atoms with Crippen LogP contribution in [-0.4, -0.2) is 50.6 Å². The van der Waals surface area contributed by atoms with Gasteiger partial charge in [0.1, 0.15) is 5.75 Å². The Labute approximate surface area is 177 Å². The standard InChI is InChI=1S/C25H27N3O2/c1-27-15-17-28(18-16-27)22-13-11-21(12-14-22)26-25(29)19-30-24-10-6-5-9-23(24)20-7-3-2-4-8-20/h2-14H,15-19H2,1H3,(H,26,29). The number of ether oxygens (including phenoxy) is 1. The van der Waals surface area contributed by atoms with E-state index in [-0.39, 0.29) is 12.5 Å². The Morgan fingerprint density at radius 2 is 1.53 bits per heavy atom. The molecule has 0 radical (unpaired) electrons. The van der Waals surface area contributed by atoms with E-state index in [9.17, 15) is 4.79 Å². The van der Waals surface area contributed by atoms with E-state index in [1.807, 2.05) is 66.7 Å². The lowest BCUT2D eigenvalue weighted by atomic mass is 10.1. The molecule has 5 nitrogen and oxygen atoms in total. The first-order valence-electron chi connectivity index (χ1n) is 10.3. The van der Waals surface area contributed by atoms with E-state index in [0.29, 0.717) is 5.75 Å². The van der Waals surface area contributed by atoms with Crippen molar-refractivity contribution in [1.29, 1.82) is 0 Å². The third kappa shape index (κ3) is 4.99. The number of rotatable bonds is 6. The smallest absolute Gasteiger partial charge is 0.262 e. The Balaban J connectivity index is 1.34. The molecule has 1 fully saturated rings. The van der Waals surface area contributed by atoms with E-state index in [1.165, 1.54) is 5.69 Å². The summed E-state index contributed by atoms with van der Waals surface area (Å²) in [5.41, 5.74) is 4.00. The third-order valence-electron chi connectivity index (χ3n) is 5.35. The van der Waals surface area contributed by atoms with Crippen molar-refractivity contribution in [2.45, 2.75) is 0 Å². The fraction of sp³-hybridized carbons (Fsp3) is 0.240. The van der Waals surface area contributed by atoms with Gasteiger partial charge in [0.15, 0.2) is 6.61 Å². The van der Waals surface area contributed by atoms with Crippen molar-refractivity contribution in [3.05, 3.63) is 78.9 Å². The number of likely N-dealkylation sites (N-methyl/N-ethyl adjacent to an activating group) is 1. The second kappa shape index (κ2) is 9.46. The van der Waals surface area contributed by atoms with Crippen LogP contribution in [-0.2, 0) is 4.79 Å². The number of benzene rings is 3. The van der Waals surface area contributed by atoms with Crippen LogP contribution in [0.5, 0.6) is 5.75 Å². The van der Waals surface area contributed by atoms with Crippen LogP contribution in [0.25, 0.3) is 11.1 Å². The minimum Gasteiger partial charge on any atom is -0.483 e. The van der Waals surface area contributed by atoms with E-state index in [1.54, 1.807) is 0 Å². The molecule has 0 atom stereocenters. The van der Waals surface area contributed by atoms with Crippen LogP contribution in [0.15, 0.2) is 78.9 Å². The molecule has 3 aromatic carbocycles. The molecule has 1 heterocycles. The van der Waals surface area contributed by atoms with Crippen molar-refractivity contribution in [1.82, 2.24) is 4.90 Å². The Kier molecular flexibility index (Phi) is 6.30. The van der Waals surface area contributed by atoms with Gasteiger partial charge in [-0.05, 0) is 42.9 Å². The number of nitrogens with one attached hydrogen (secondary N) is 1. The van der Waals surface area contributed by atoms with Crippen molar-refractivity contribution in [3.63, 3.8) is 0 Å². The number of para-hydroxylation sites is 1. The van der Waals surface area contributed by atoms with Crippen LogP contribution in [0.3, 0.4) is 0 Å². The van der Waals surface area contributed by atoms with Gasteiger partial charge in [-0.2, -0.15) is 0 Å². The van der Waals surface area contributed by atoms with Crippen LogP contribution < -0.4 is 15.0 Å². The van der Waals surface area contributed by atoms with Crippen molar-refractivity contribution in [3.8, 4) is 16.9 Å². The lowest BCUT2D eigenvalue weighted by molar-refractivity contribution is -0.118. The first-order valence-corrected chi connectivity index (χ1v) is 10.3. The molecule has 0 saturated carbocycles. The molecular formula is C25H27N3O2. The van der Waals surface area contributed by atoms with E-state index < -0.39 is 0 Å². The third-order valence-corrected chi connectivity index (χ3v) is 5.35. The molecule has 1 saturated heterocycles. The van der Waals surface area contributed by atoms with Gasteiger partial charge in [0.25, 0.3) is 5.91 Å². The van der Waals surface area contributed by atoms with Gasteiger partial charge in [-0.25, -0.2) is 0 Å². The number of hydrogen-bond donors (Lipinski definition) is 1. The molecule has 0 bridgehead atoms. The van der Waals surface area contributed by atoms with E-state index in [2.05, 4.69) is 34.3 Å². The Morgan fingerprint density at radius 3 is 2.27 bits per heavy atom. The molecule has 1 aliphatic heterocycles. The lowest BCUT2D eigenvalue weighted by Gasteiger charge is -2.34. The second-order valence-corrected chi connectivity index (χ2v) is 7.54. The Morgan fingerprint density at radius 1 is 0.867 bits per heavy atom. The zero-order valence-corrected chi connectivity index (χ0v) is 17.3. The maximum atomic E-state index is 12.4. The molecular weight excluding hydrogens is 374 g/mol. The van der Waals surface area contributed by atoms with Crippen molar-refractivity contribution in [2.24, 2.45) is 0 Å². The number of nitrogens with zero attached hydrogens (tertiary/aromatic N) is 2.